The number of anilines is 1. The van der Waals surface area contributed by atoms with Gasteiger partial charge in [0.15, 0.2) is 0 Å². The molecule has 0 saturated carbocycles. The normalized spacial score (nSPS) is 11.6. The van der Waals surface area contributed by atoms with Gasteiger partial charge in [0.2, 0.25) is 0 Å². The first-order chi connectivity index (χ1) is 10.1. The number of benzene rings is 1. The van der Waals surface area contributed by atoms with Crippen molar-refractivity contribution in [2.45, 2.75) is 39.7 Å². The molecule has 1 aromatic carbocycles. The number of hydrogen-bond acceptors (Lipinski definition) is 4. The lowest BCUT2D eigenvalue weighted by Gasteiger charge is -2.02. The lowest BCUT2D eigenvalue weighted by Crippen LogP contribution is -2.03. The van der Waals surface area contributed by atoms with Gasteiger partial charge in [-0.3, -0.25) is 4.68 Å². The molecule has 4 nitrogen and oxygen atoms in total. The van der Waals surface area contributed by atoms with Crippen molar-refractivity contribution >= 4 is 27.9 Å². The van der Waals surface area contributed by atoms with Crippen LogP contribution in [0.3, 0.4) is 0 Å². The van der Waals surface area contributed by atoms with Crippen LogP contribution in [-0.2, 0) is 13.0 Å². The Balaban J connectivity index is 2.02. The molecule has 3 rings (SSSR count). The number of hydrogen-bond donors (Lipinski definition) is 1. The molecule has 0 unspecified atom stereocenters. The molecule has 2 heterocycles. The molecule has 0 saturated heterocycles. The van der Waals surface area contributed by atoms with E-state index in [1.807, 2.05) is 16.8 Å². The predicted octanol–water partition coefficient (Wildman–Crippen LogP) is 3.81. The number of nitrogens with two attached hydrogens (primary N) is 1. The van der Waals surface area contributed by atoms with E-state index in [0.717, 1.165) is 34.4 Å². The molecule has 0 aliphatic rings. The fraction of sp³-hybridized carbons (Fsp3) is 0.375. The van der Waals surface area contributed by atoms with Gasteiger partial charge in [0.05, 0.1) is 28.5 Å². The van der Waals surface area contributed by atoms with Crippen LogP contribution in [0.5, 0.6) is 0 Å². The summed E-state index contributed by atoms with van der Waals surface area (Å²) in [6, 6.07) is 6.00. The zero-order valence-electron chi connectivity index (χ0n) is 12.6. The Morgan fingerprint density at radius 3 is 2.81 bits per heavy atom. The van der Waals surface area contributed by atoms with Gasteiger partial charge in [0.1, 0.15) is 0 Å². The van der Waals surface area contributed by atoms with Gasteiger partial charge in [-0.1, -0.05) is 26.8 Å². The molecule has 0 amide bonds. The summed E-state index contributed by atoms with van der Waals surface area (Å²) >= 11 is 1.72. The molecule has 0 radical (unpaired) electrons. The van der Waals surface area contributed by atoms with Crippen LogP contribution in [-0.4, -0.2) is 14.8 Å². The minimum atomic E-state index is 0.472. The molecular weight excluding hydrogens is 280 g/mol. The third-order valence-corrected chi connectivity index (χ3v) is 4.79. The van der Waals surface area contributed by atoms with Crippen molar-refractivity contribution in [1.82, 2.24) is 14.8 Å². The van der Waals surface area contributed by atoms with Crippen LogP contribution in [0.25, 0.3) is 10.9 Å². The van der Waals surface area contributed by atoms with Crippen LogP contribution in [0, 0.1) is 0 Å². The Labute approximate surface area is 128 Å². The van der Waals surface area contributed by atoms with Gasteiger partial charge in [0.25, 0.3) is 0 Å². The molecule has 0 aliphatic carbocycles. The first-order valence-corrected chi connectivity index (χ1v) is 8.16. The standard InChI is InChI=1S/C16H20N4S/c1-4-13-15-12(17)6-5-7-14(15)20(19-13)8-11-9-21-16(18-11)10(2)3/h5-7,9-10H,4,8,17H2,1-3H3. The summed E-state index contributed by atoms with van der Waals surface area (Å²) in [5.74, 6) is 0.472. The summed E-state index contributed by atoms with van der Waals surface area (Å²) in [7, 11) is 0. The Morgan fingerprint density at radius 1 is 1.33 bits per heavy atom. The first kappa shape index (κ1) is 14.1. The average molecular weight is 300 g/mol. The molecule has 2 N–H and O–H groups in total. The monoisotopic (exact) mass is 300 g/mol. The Morgan fingerprint density at radius 2 is 2.14 bits per heavy atom. The van der Waals surface area contributed by atoms with Gasteiger partial charge in [-0.25, -0.2) is 4.98 Å². The van der Waals surface area contributed by atoms with E-state index in [2.05, 4.69) is 32.2 Å². The zero-order chi connectivity index (χ0) is 15.0. The molecule has 0 aliphatic heterocycles. The Bertz CT molecular complexity index is 770. The number of aromatic nitrogens is 3. The van der Waals surface area contributed by atoms with E-state index >= 15 is 0 Å². The second kappa shape index (κ2) is 5.48. The van der Waals surface area contributed by atoms with Crippen molar-refractivity contribution in [2.24, 2.45) is 0 Å². The van der Waals surface area contributed by atoms with Crippen molar-refractivity contribution in [3.63, 3.8) is 0 Å². The van der Waals surface area contributed by atoms with Crippen LogP contribution in [0.1, 0.15) is 43.1 Å². The van der Waals surface area contributed by atoms with E-state index in [4.69, 9.17) is 15.8 Å². The highest BCUT2D eigenvalue weighted by atomic mass is 32.1. The van der Waals surface area contributed by atoms with E-state index in [-0.39, 0.29) is 0 Å². The maximum Gasteiger partial charge on any atom is 0.0954 e. The highest BCUT2D eigenvalue weighted by molar-refractivity contribution is 7.09. The maximum absolute atomic E-state index is 6.12. The molecule has 0 bridgehead atoms. The minimum Gasteiger partial charge on any atom is -0.398 e. The van der Waals surface area contributed by atoms with Crippen LogP contribution < -0.4 is 5.73 Å². The lowest BCUT2D eigenvalue weighted by molar-refractivity contribution is 0.680. The predicted molar refractivity (Wildman–Crippen MR) is 88.8 cm³/mol. The fourth-order valence-electron chi connectivity index (χ4n) is 2.52. The topological polar surface area (TPSA) is 56.7 Å². The van der Waals surface area contributed by atoms with Gasteiger partial charge in [-0.05, 0) is 18.6 Å². The highest BCUT2D eigenvalue weighted by Crippen LogP contribution is 2.26. The number of nitrogen functional groups attached to an aromatic ring is 1. The minimum absolute atomic E-state index is 0.472. The molecule has 0 spiro atoms. The molecule has 2 aromatic heterocycles. The molecule has 21 heavy (non-hydrogen) atoms. The molecule has 0 atom stereocenters. The van der Waals surface area contributed by atoms with Gasteiger partial charge < -0.3 is 5.73 Å². The summed E-state index contributed by atoms with van der Waals surface area (Å²) in [5, 5.41) is 9.11. The Hall–Kier alpha value is -1.88. The zero-order valence-corrected chi connectivity index (χ0v) is 13.4. The van der Waals surface area contributed by atoms with E-state index in [9.17, 15) is 0 Å². The van der Waals surface area contributed by atoms with Crippen LogP contribution >= 0.6 is 11.3 Å². The van der Waals surface area contributed by atoms with Gasteiger partial charge >= 0.3 is 0 Å². The smallest absolute Gasteiger partial charge is 0.0954 e. The van der Waals surface area contributed by atoms with Crippen LogP contribution in [0.15, 0.2) is 23.6 Å². The largest absolute Gasteiger partial charge is 0.398 e. The van der Waals surface area contributed by atoms with E-state index in [1.54, 1.807) is 11.3 Å². The molecule has 110 valence electrons. The summed E-state index contributed by atoms with van der Waals surface area (Å²) in [4.78, 5) is 4.70. The van der Waals surface area contributed by atoms with Crippen LogP contribution in [0.2, 0.25) is 0 Å². The number of thiazole rings is 1. The molecule has 5 heteroatoms. The van der Waals surface area contributed by atoms with Crippen molar-refractivity contribution < 1.29 is 0 Å². The quantitative estimate of drug-likeness (QED) is 0.745. The van der Waals surface area contributed by atoms with E-state index < -0.39 is 0 Å². The van der Waals surface area contributed by atoms with Crippen LogP contribution in [0.4, 0.5) is 5.69 Å². The second-order valence-corrected chi connectivity index (χ2v) is 6.42. The number of aryl methyl sites for hydroxylation is 1. The Kier molecular flexibility index (Phi) is 3.68. The molecule has 3 aromatic rings. The first-order valence-electron chi connectivity index (χ1n) is 7.28. The van der Waals surface area contributed by atoms with Gasteiger partial charge in [-0.15, -0.1) is 11.3 Å². The highest BCUT2D eigenvalue weighted by Gasteiger charge is 2.13. The second-order valence-electron chi connectivity index (χ2n) is 5.53. The summed E-state index contributed by atoms with van der Waals surface area (Å²) in [6.07, 6.45) is 0.881. The van der Waals surface area contributed by atoms with Crippen molar-refractivity contribution in [3.05, 3.63) is 40.0 Å². The summed E-state index contributed by atoms with van der Waals surface area (Å²) in [6.45, 7) is 7.14. The number of nitrogens with zero attached hydrogens (tertiary/aromatic N) is 3. The van der Waals surface area contributed by atoms with Crippen molar-refractivity contribution in [3.8, 4) is 0 Å². The van der Waals surface area contributed by atoms with Gasteiger partial charge in [0, 0.05) is 22.4 Å². The molecular formula is C16H20N4S. The van der Waals surface area contributed by atoms with Gasteiger partial charge in [-0.2, -0.15) is 5.10 Å². The maximum atomic E-state index is 6.12. The van der Waals surface area contributed by atoms with E-state index in [0.29, 0.717) is 12.5 Å². The summed E-state index contributed by atoms with van der Waals surface area (Å²) in [5.41, 5.74) is 10.1. The fourth-order valence-corrected chi connectivity index (χ4v) is 3.34. The lowest BCUT2D eigenvalue weighted by atomic mass is 10.1. The number of fused-ring (bicyclic) bond motifs is 1. The summed E-state index contributed by atoms with van der Waals surface area (Å²) < 4.78 is 2.02. The third-order valence-electron chi connectivity index (χ3n) is 3.59. The van der Waals surface area contributed by atoms with Crippen molar-refractivity contribution in [1.29, 1.82) is 0 Å². The van der Waals surface area contributed by atoms with E-state index in [1.165, 1.54) is 5.01 Å². The van der Waals surface area contributed by atoms with Crippen molar-refractivity contribution in [2.75, 3.05) is 5.73 Å². The third kappa shape index (κ3) is 2.53. The SMILES string of the molecule is CCc1nn(Cc2csc(C(C)C)n2)c2cccc(N)c12. The molecule has 0 fully saturated rings. The number of rotatable bonds is 4. The average Bonchev–Trinajstić information content (AvgIpc) is 3.05.